The van der Waals surface area contributed by atoms with Gasteiger partial charge in [0, 0.05) is 19.5 Å². The number of amides is 1. The Hall–Kier alpha value is -1.60. The highest BCUT2D eigenvalue weighted by Crippen LogP contribution is 2.22. The van der Waals surface area contributed by atoms with Crippen LogP contribution in [0.1, 0.15) is 50.2 Å². The summed E-state index contributed by atoms with van der Waals surface area (Å²) < 4.78 is 25.9. The Kier molecular flexibility index (Phi) is 8.96. The van der Waals surface area contributed by atoms with Gasteiger partial charge in [0.25, 0.3) is 0 Å². The lowest BCUT2D eigenvalue weighted by Gasteiger charge is -2.30. The van der Waals surface area contributed by atoms with Crippen LogP contribution in [0.5, 0.6) is 0 Å². The molecule has 1 N–H and O–H groups in total. The van der Waals surface area contributed by atoms with Gasteiger partial charge in [-0.1, -0.05) is 13.0 Å². The van der Waals surface area contributed by atoms with Gasteiger partial charge in [0.05, 0.1) is 11.9 Å². The van der Waals surface area contributed by atoms with Gasteiger partial charge in [-0.15, -0.1) is 0 Å². The number of carbonyl (C=O) groups is 1. The Balaban J connectivity index is 1.72. The molecule has 1 amide bonds. The highest BCUT2D eigenvalue weighted by atomic mass is 32.2. The number of aryl methyl sites for hydroxylation is 2. The van der Waals surface area contributed by atoms with E-state index >= 15 is 0 Å². The second-order valence-corrected chi connectivity index (χ2v) is 10.4. The van der Waals surface area contributed by atoms with Crippen molar-refractivity contribution in [1.29, 1.82) is 0 Å². The number of nitrogens with one attached hydrogen (secondary N) is 1. The summed E-state index contributed by atoms with van der Waals surface area (Å²) in [6.07, 6.45) is 5.53. The molecule has 0 aromatic heterocycles. The SMILES string of the molecule is Cc1cc(C)cc(N(CCCC(=O)NCCCN2CCC(C)CC2)S(C)(=O)=O)c1. The van der Waals surface area contributed by atoms with E-state index in [0.717, 1.165) is 43.1 Å². The minimum Gasteiger partial charge on any atom is -0.356 e. The zero-order chi connectivity index (χ0) is 21.4. The lowest BCUT2D eigenvalue weighted by atomic mass is 9.99. The quantitative estimate of drug-likeness (QED) is 0.587. The second-order valence-electron chi connectivity index (χ2n) is 8.51. The zero-order valence-electron chi connectivity index (χ0n) is 18.4. The Morgan fingerprint density at radius 3 is 2.34 bits per heavy atom. The standard InChI is InChI=1S/C22H37N3O3S/c1-18-8-13-24(14-9-18)11-6-10-23-22(26)7-5-12-25(29(4,27)28)21-16-19(2)15-20(3)17-21/h15-18H,5-14H2,1-4H3,(H,23,26). The number of nitrogens with zero attached hydrogens (tertiary/aromatic N) is 2. The smallest absolute Gasteiger partial charge is 0.232 e. The third-order valence-electron chi connectivity index (χ3n) is 5.51. The van der Waals surface area contributed by atoms with Crippen molar-refractivity contribution in [2.75, 3.05) is 43.3 Å². The number of anilines is 1. The Labute approximate surface area is 176 Å². The molecule has 1 aromatic carbocycles. The molecule has 0 unspecified atom stereocenters. The number of piperidine rings is 1. The molecule has 29 heavy (non-hydrogen) atoms. The van der Waals surface area contributed by atoms with E-state index in [-0.39, 0.29) is 5.91 Å². The second kappa shape index (κ2) is 11.0. The van der Waals surface area contributed by atoms with E-state index in [1.165, 1.54) is 23.4 Å². The van der Waals surface area contributed by atoms with E-state index in [1.54, 1.807) is 0 Å². The van der Waals surface area contributed by atoms with Crippen molar-refractivity contribution < 1.29 is 13.2 Å². The molecule has 0 atom stereocenters. The molecule has 1 fully saturated rings. The number of carbonyl (C=O) groups excluding carboxylic acids is 1. The van der Waals surface area contributed by atoms with Crippen molar-refractivity contribution in [1.82, 2.24) is 10.2 Å². The van der Waals surface area contributed by atoms with Gasteiger partial charge in [-0.25, -0.2) is 8.42 Å². The summed E-state index contributed by atoms with van der Waals surface area (Å²) in [6, 6.07) is 5.76. The fourth-order valence-corrected chi connectivity index (χ4v) is 4.82. The average Bonchev–Trinajstić information content (AvgIpc) is 2.62. The van der Waals surface area contributed by atoms with Crippen LogP contribution in [0.15, 0.2) is 18.2 Å². The lowest BCUT2D eigenvalue weighted by molar-refractivity contribution is -0.121. The summed E-state index contributed by atoms with van der Waals surface area (Å²) in [5.41, 5.74) is 2.71. The first-order valence-electron chi connectivity index (χ1n) is 10.7. The predicted octanol–water partition coefficient (Wildman–Crippen LogP) is 3.09. The van der Waals surface area contributed by atoms with Gasteiger partial charge in [-0.2, -0.15) is 0 Å². The monoisotopic (exact) mass is 423 g/mol. The summed E-state index contributed by atoms with van der Waals surface area (Å²) >= 11 is 0. The minimum absolute atomic E-state index is 0.00820. The van der Waals surface area contributed by atoms with Gasteiger partial charge >= 0.3 is 0 Å². The number of rotatable bonds is 10. The van der Waals surface area contributed by atoms with E-state index in [1.807, 2.05) is 32.0 Å². The molecule has 164 valence electrons. The third-order valence-corrected chi connectivity index (χ3v) is 6.70. The number of sulfonamides is 1. The zero-order valence-corrected chi connectivity index (χ0v) is 19.2. The lowest BCUT2D eigenvalue weighted by Crippen LogP contribution is -2.35. The highest BCUT2D eigenvalue weighted by molar-refractivity contribution is 7.92. The molecular formula is C22H37N3O3S. The van der Waals surface area contributed by atoms with E-state index in [2.05, 4.69) is 17.1 Å². The van der Waals surface area contributed by atoms with Crippen LogP contribution < -0.4 is 9.62 Å². The minimum atomic E-state index is -3.39. The fraction of sp³-hybridized carbons (Fsp3) is 0.682. The number of likely N-dealkylation sites (tertiary alicyclic amines) is 1. The topological polar surface area (TPSA) is 69.7 Å². The molecule has 7 heteroatoms. The Morgan fingerprint density at radius 2 is 1.76 bits per heavy atom. The average molecular weight is 424 g/mol. The maximum Gasteiger partial charge on any atom is 0.232 e. The van der Waals surface area contributed by atoms with Crippen molar-refractivity contribution in [2.45, 2.75) is 52.9 Å². The van der Waals surface area contributed by atoms with Crippen molar-refractivity contribution in [3.8, 4) is 0 Å². The summed E-state index contributed by atoms with van der Waals surface area (Å²) in [4.78, 5) is 14.6. The normalized spacial score (nSPS) is 16.0. The van der Waals surface area contributed by atoms with Gasteiger partial charge < -0.3 is 10.2 Å². The molecule has 0 radical (unpaired) electrons. The molecular weight excluding hydrogens is 386 g/mol. The molecule has 1 saturated heterocycles. The molecule has 2 rings (SSSR count). The van der Waals surface area contributed by atoms with Crippen LogP contribution in [0.25, 0.3) is 0 Å². The van der Waals surface area contributed by atoms with Crippen molar-refractivity contribution >= 4 is 21.6 Å². The predicted molar refractivity (Wildman–Crippen MR) is 120 cm³/mol. The van der Waals surface area contributed by atoms with E-state index in [9.17, 15) is 13.2 Å². The van der Waals surface area contributed by atoms with Gasteiger partial charge in [-0.05, 0) is 88.3 Å². The first-order valence-corrected chi connectivity index (χ1v) is 12.5. The fourth-order valence-electron chi connectivity index (χ4n) is 3.87. The largest absolute Gasteiger partial charge is 0.356 e. The Morgan fingerprint density at radius 1 is 1.14 bits per heavy atom. The number of hydrogen-bond acceptors (Lipinski definition) is 4. The molecule has 0 saturated carbocycles. The van der Waals surface area contributed by atoms with Crippen LogP contribution in [0.4, 0.5) is 5.69 Å². The van der Waals surface area contributed by atoms with Crippen LogP contribution in [0, 0.1) is 19.8 Å². The van der Waals surface area contributed by atoms with Crippen LogP contribution in [-0.2, 0) is 14.8 Å². The van der Waals surface area contributed by atoms with Crippen molar-refractivity contribution in [3.63, 3.8) is 0 Å². The van der Waals surface area contributed by atoms with Gasteiger partial charge in [0.15, 0.2) is 0 Å². The maximum absolute atomic E-state index is 12.2. The van der Waals surface area contributed by atoms with Crippen molar-refractivity contribution in [3.05, 3.63) is 29.3 Å². The van der Waals surface area contributed by atoms with Gasteiger partial charge in [0.2, 0.25) is 15.9 Å². The van der Waals surface area contributed by atoms with Crippen LogP contribution in [0.2, 0.25) is 0 Å². The first-order chi connectivity index (χ1) is 13.6. The molecule has 1 heterocycles. The van der Waals surface area contributed by atoms with Crippen molar-refractivity contribution in [2.24, 2.45) is 5.92 Å². The third kappa shape index (κ3) is 8.34. The molecule has 0 bridgehead atoms. The van der Waals surface area contributed by atoms with Crippen LogP contribution in [-0.4, -0.2) is 58.2 Å². The number of hydrogen-bond donors (Lipinski definition) is 1. The summed E-state index contributed by atoms with van der Waals surface area (Å²) in [5, 5.41) is 2.97. The molecule has 0 aliphatic carbocycles. The molecule has 0 spiro atoms. The summed E-state index contributed by atoms with van der Waals surface area (Å²) in [6.45, 7) is 10.6. The van der Waals surface area contributed by atoms with Crippen LogP contribution >= 0.6 is 0 Å². The summed E-state index contributed by atoms with van der Waals surface area (Å²) in [5.74, 6) is 0.826. The molecule has 1 aliphatic rings. The number of benzene rings is 1. The van der Waals surface area contributed by atoms with E-state index < -0.39 is 10.0 Å². The first kappa shape index (κ1) is 23.7. The Bertz CT molecular complexity index is 751. The van der Waals surface area contributed by atoms with Crippen LogP contribution in [0.3, 0.4) is 0 Å². The molecule has 1 aliphatic heterocycles. The van der Waals surface area contributed by atoms with E-state index in [0.29, 0.717) is 31.6 Å². The maximum atomic E-state index is 12.2. The molecule has 1 aromatic rings. The highest BCUT2D eigenvalue weighted by Gasteiger charge is 2.18. The van der Waals surface area contributed by atoms with Gasteiger partial charge in [-0.3, -0.25) is 9.10 Å². The van der Waals surface area contributed by atoms with E-state index in [4.69, 9.17) is 0 Å². The van der Waals surface area contributed by atoms with Gasteiger partial charge in [0.1, 0.15) is 0 Å². The molecule has 6 nitrogen and oxygen atoms in total. The summed E-state index contributed by atoms with van der Waals surface area (Å²) in [7, 11) is -3.39.